The number of hydrogen-bond donors (Lipinski definition) is 1. The summed E-state index contributed by atoms with van der Waals surface area (Å²) in [5.74, 6) is -0.973. The third-order valence-corrected chi connectivity index (χ3v) is 4.23. The maximum absolute atomic E-state index is 14.0. The molecule has 0 saturated heterocycles. The Balaban J connectivity index is 3.55. The number of rotatable bonds is 5. The number of carbonyl (C=O) groups is 1. The minimum absolute atomic E-state index is 0.0393. The number of allylic oxidation sites excluding steroid dienone is 1. The van der Waals surface area contributed by atoms with Gasteiger partial charge in [-0.1, -0.05) is 19.9 Å². The van der Waals surface area contributed by atoms with Crippen LogP contribution in [0.3, 0.4) is 0 Å². The van der Waals surface area contributed by atoms with Gasteiger partial charge in [0.15, 0.2) is 15.6 Å². The SMILES string of the molecule is CN/C(=C(\C(C)=O)C(C)C)c1ccc(S(C)(=O)=O)c(F)c1. The van der Waals surface area contributed by atoms with Crippen molar-refractivity contribution >= 4 is 21.3 Å². The molecule has 0 spiro atoms. The van der Waals surface area contributed by atoms with Gasteiger partial charge in [-0.3, -0.25) is 4.79 Å². The molecule has 1 N–H and O–H groups in total. The summed E-state index contributed by atoms with van der Waals surface area (Å²) in [7, 11) is -1.97. The van der Waals surface area contributed by atoms with E-state index in [0.29, 0.717) is 16.8 Å². The Bertz CT molecular complexity index is 691. The van der Waals surface area contributed by atoms with E-state index in [-0.39, 0.29) is 16.6 Å². The summed E-state index contributed by atoms with van der Waals surface area (Å²) < 4.78 is 36.9. The highest BCUT2D eigenvalue weighted by Gasteiger charge is 2.19. The van der Waals surface area contributed by atoms with E-state index in [1.165, 1.54) is 19.1 Å². The van der Waals surface area contributed by atoms with E-state index in [2.05, 4.69) is 5.32 Å². The Morgan fingerprint density at radius 2 is 1.86 bits per heavy atom. The molecule has 116 valence electrons. The van der Waals surface area contributed by atoms with Crippen molar-refractivity contribution in [1.29, 1.82) is 0 Å². The van der Waals surface area contributed by atoms with Crippen molar-refractivity contribution in [3.05, 3.63) is 35.2 Å². The molecule has 6 heteroatoms. The van der Waals surface area contributed by atoms with Crippen LogP contribution in [0.25, 0.3) is 5.70 Å². The van der Waals surface area contributed by atoms with Gasteiger partial charge in [0.1, 0.15) is 10.7 Å². The van der Waals surface area contributed by atoms with Crippen LogP contribution in [0, 0.1) is 11.7 Å². The number of sulfone groups is 1. The van der Waals surface area contributed by atoms with Gasteiger partial charge in [0.05, 0.1) is 0 Å². The van der Waals surface area contributed by atoms with E-state index in [1.54, 1.807) is 7.05 Å². The fourth-order valence-electron chi connectivity index (χ4n) is 2.26. The number of nitrogens with one attached hydrogen (secondary N) is 1. The first-order valence-corrected chi connectivity index (χ1v) is 8.41. The van der Waals surface area contributed by atoms with Crippen LogP contribution in [0.1, 0.15) is 26.3 Å². The first-order valence-electron chi connectivity index (χ1n) is 6.52. The summed E-state index contributed by atoms with van der Waals surface area (Å²) in [6.07, 6.45) is 0.953. The molecule has 4 nitrogen and oxygen atoms in total. The van der Waals surface area contributed by atoms with Gasteiger partial charge in [-0.25, -0.2) is 12.8 Å². The molecule has 0 aliphatic heterocycles. The zero-order valence-corrected chi connectivity index (χ0v) is 13.6. The van der Waals surface area contributed by atoms with E-state index >= 15 is 0 Å². The van der Waals surface area contributed by atoms with Crippen LogP contribution in [0.5, 0.6) is 0 Å². The van der Waals surface area contributed by atoms with Gasteiger partial charge in [-0.05, 0) is 25.0 Å². The molecular weight excluding hydrogens is 293 g/mol. The second-order valence-corrected chi connectivity index (χ2v) is 7.15. The van der Waals surface area contributed by atoms with Crippen molar-refractivity contribution in [2.45, 2.75) is 25.7 Å². The van der Waals surface area contributed by atoms with E-state index in [1.807, 2.05) is 13.8 Å². The minimum Gasteiger partial charge on any atom is -0.387 e. The van der Waals surface area contributed by atoms with Crippen LogP contribution in [0.2, 0.25) is 0 Å². The first kappa shape index (κ1) is 17.4. The predicted molar refractivity (Wildman–Crippen MR) is 81.0 cm³/mol. The third-order valence-electron chi connectivity index (χ3n) is 3.10. The van der Waals surface area contributed by atoms with Gasteiger partial charge < -0.3 is 5.32 Å². The number of halogens is 1. The summed E-state index contributed by atoms with van der Waals surface area (Å²) in [5.41, 5.74) is 1.50. The fourth-order valence-corrected chi connectivity index (χ4v) is 2.99. The van der Waals surface area contributed by atoms with Crippen LogP contribution in [0.15, 0.2) is 28.7 Å². The van der Waals surface area contributed by atoms with E-state index in [4.69, 9.17) is 0 Å². The summed E-state index contributed by atoms with van der Waals surface area (Å²) in [4.78, 5) is 11.4. The minimum atomic E-state index is -3.61. The van der Waals surface area contributed by atoms with Crippen LogP contribution >= 0.6 is 0 Å². The second kappa shape index (κ2) is 6.39. The largest absolute Gasteiger partial charge is 0.387 e. The number of Topliss-reactive ketones (excluding diaryl/α,β-unsaturated/α-hetero) is 1. The first-order chi connectivity index (χ1) is 9.59. The van der Waals surface area contributed by atoms with Crippen LogP contribution in [-0.4, -0.2) is 27.5 Å². The second-order valence-electron chi connectivity index (χ2n) is 5.17. The number of carbonyl (C=O) groups excluding carboxylic acids is 1. The Morgan fingerprint density at radius 1 is 1.29 bits per heavy atom. The Morgan fingerprint density at radius 3 is 2.19 bits per heavy atom. The summed E-state index contributed by atoms with van der Waals surface area (Å²) in [5, 5.41) is 2.91. The highest BCUT2D eigenvalue weighted by molar-refractivity contribution is 7.90. The summed E-state index contributed by atoms with van der Waals surface area (Å²) in [6.45, 7) is 5.19. The molecule has 1 rings (SSSR count). The average Bonchev–Trinajstić information content (AvgIpc) is 2.32. The molecule has 21 heavy (non-hydrogen) atoms. The molecular formula is C15H20FNO3S. The third kappa shape index (κ3) is 3.91. The number of hydrogen-bond acceptors (Lipinski definition) is 4. The number of ketones is 1. The normalized spacial score (nSPS) is 13.1. The summed E-state index contributed by atoms with van der Waals surface area (Å²) in [6, 6.07) is 3.85. The molecule has 0 fully saturated rings. The van der Waals surface area contributed by atoms with Crippen molar-refractivity contribution in [2.24, 2.45) is 5.92 Å². The zero-order valence-electron chi connectivity index (χ0n) is 12.8. The number of benzene rings is 1. The molecule has 0 unspecified atom stereocenters. The van der Waals surface area contributed by atoms with Crippen molar-refractivity contribution in [1.82, 2.24) is 5.32 Å². The molecule has 0 aromatic heterocycles. The van der Waals surface area contributed by atoms with Gasteiger partial charge in [0.25, 0.3) is 0 Å². The van der Waals surface area contributed by atoms with Crippen LogP contribution in [0.4, 0.5) is 4.39 Å². The Hall–Kier alpha value is -1.69. The Labute approximate surface area is 125 Å². The lowest BCUT2D eigenvalue weighted by molar-refractivity contribution is -0.114. The quantitative estimate of drug-likeness (QED) is 0.848. The van der Waals surface area contributed by atoms with Crippen LogP contribution in [-0.2, 0) is 14.6 Å². The van der Waals surface area contributed by atoms with E-state index in [0.717, 1.165) is 12.3 Å². The average molecular weight is 313 g/mol. The van der Waals surface area contributed by atoms with E-state index < -0.39 is 15.7 Å². The molecule has 1 aromatic rings. The van der Waals surface area contributed by atoms with Gasteiger partial charge in [0.2, 0.25) is 0 Å². The highest BCUT2D eigenvalue weighted by atomic mass is 32.2. The fraction of sp³-hybridized carbons (Fsp3) is 0.400. The van der Waals surface area contributed by atoms with Gasteiger partial charge >= 0.3 is 0 Å². The standard InChI is InChI=1S/C15H20FNO3S/c1-9(2)14(10(3)18)15(17-4)11-6-7-13(12(16)8-11)21(5,19)20/h6-9,17H,1-5H3/b15-14-. The maximum atomic E-state index is 14.0. The molecule has 0 radical (unpaired) electrons. The maximum Gasteiger partial charge on any atom is 0.178 e. The van der Waals surface area contributed by atoms with Gasteiger partial charge in [0, 0.05) is 30.1 Å². The van der Waals surface area contributed by atoms with Crippen molar-refractivity contribution in [3.63, 3.8) is 0 Å². The van der Waals surface area contributed by atoms with Gasteiger partial charge in [-0.2, -0.15) is 0 Å². The molecule has 0 amide bonds. The molecule has 0 heterocycles. The highest BCUT2D eigenvalue weighted by Crippen LogP contribution is 2.25. The van der Waals surface area contributed by atoms with E-state index in [9.17, 15) is 17.6 Å². The molecule has 0 bridgehead atoms. The predicted octanol–water partition coefficient (Wildman–Crippen LogP) is 2.40. The lowest BCUT2D eigenvalue weighted by Crippen LogP contribution is -2.16. The van der Waals surface area contributed by atoms with Crippen LogP contribution < -0.4 is 5.32 Å². The lowest BCUT2D eigenvalue weighted by atomic mass is 9.94. The smallest absolute Gasteiger partial charge is 0.178 e. The zero-order chi connectivity index (χ0) is 16.4. The molecule has 0 aliphatic carbocycles. The van der Waals surface area contributed by atoms with Crippen molar-refractivity contribution in [2.75, 3.05) is 13.3 Å². The molecule has 0 aliphatic rings. The topological polar surface area (TPSA) is 63.2 Å². The molecule has 1 aromatic carbocycles. The summed E-state index contributed by atoms with van der Waals surface area (Å²) >= 11 is 0. The molecule has 0 atom stereocenters. The van der Waals surface area contributed by atoms with Gasteiger partial charge in [-0.15, -0.1) is 0 Å². The monoisotopic (exact) mass is 313 g/mol. The van der Waals surface area contributed by atoms with Crippen molar-refractivity contribution < 1.29 is 17.6 Å². The lowest BCUT2D eigenvalue weighted by Gasteiger charge is -2.17. The molecule has 0 saturated carbocycles. The van der Waals surface area contributed by atoms with Crippen molar-refractivity contribution in [3.8, 4) is 0 Å². The Kier molecular flexibility index (Phi) is 5.28.